The molecule has 1 amide bonds. The zero-order valence-electron chi connectivity index (χ0n) is 15.6. The third-order valence-electron chi connectivity index (χ3n) is 5.72. The van der Waals surface area contributed by atoms with E-state index in [0.29, 0.717) is 22.7 Å². The number of carbonyl (C=O) groups is 2. The molecule has 3 aromatic rings. The molecule has 2 aliphatic rings. The number of benzene rings is 2. The van der Waals surface area contributed by atoms with Gasteiger partial charge in [0, 0.05) is 29.2 Å². The van der Waals surface area contributed by atoms with Crippen LogP contribution >= 0.6 is 0 Å². The van der Waals surface area contributed by atoms with Crippen molar-refractivity contribution < 1.29 is 14.7 Å². The summed E-state index contributed by atoms with van der Waals surface area (Å²) in [6.45, 7) is 2.15. The van der Waals surface area contributed by atoms with Gasteiger partial charge in [-0.05, 0) is 49.6 Å². The Kier molecular flexibility index (Phi) is 3.72. The zero-order valence-corrected chi connectivity index (χ0v) is 15.6. The van der Waals surface area contributed by atoms with E-state index in [2.05, 4.69) is 0 Å². The van der Waals surface area contributed by atoms with Crippen LogP contribution in [0.15, 0.2) is 48.5 Å². The fraction of sp³-hybridized carbons (Fsp3) is 0.261. The van der Waals surface area contributed by atoms with Crippen LogP contribution in [0.3, 0.4) is 0 Å². The maximum Gasteiger partial charge on any atom is 0.312 e. The van der Waals surface area contributed by atoms with Crippen molar-refractivity contribution in [3.63, 3.8) is 0 Å². The average molecular weight is 372 g/mol. The average Bonchev–Trinajstić information content (AvgIpc) is 3.46. The minimum absolute atomic E-state index is 0.155. The number of rotatable bonds is 3. The van der Waals surface area contributed by atoms with Gasteiger partial charge in [0.25, 0.3) is 5.91 Å². The van der Waals surface area contributed by atoms with Crippen molar-refractivity contribution in [1.29, 1.82) is 0 Å². The monoisotopic (exact) mass is 372 g/mol. The van der Waals surface area contributed by atoms with Gasteiger partial charge >= 0.3 is 5.97 Å². The molecule has 0 bridgehead atoms. The summed E-state index contributed by atoms with van der Waals surface area (Å²) < 4.78 is 0. The number of aryl methyl sites for hydroxylation is 1. The molecule has 1 fully saturated rings. The van der Waals surface area contributed by atoms with Crippen molar-refractivity contribution in [2.24, 2.45) is 0 Å². The predicted molar refractivity (Wildman–Crippen MR) is 107 cm³/mol. The third-order valence-corrected chi connectivity index (χ3v) is 5.72. The topological polar surface area (TPSA) is 70.5 Å². The van der Waals surface area contributed by atoms with Crippen LogP contribution in [0.25, 0.3) is 10.9 Å². The van der Waals surface area contributed by atoms with Crippen LogP contribution < -0.4 is 4.90 Å². The number of pyridine rings is 1. The number of hydrogen-bond acceptors (Lipinski definition) is 3. The molecule has 5 nitrogen and oxygen atoms in total. The van der Waals surface area contributed by atoms with Gasteiger partial charge in [-0.1, -0.05) is 29.8 Å². The van der Waals surface area contributed by atoms with Crippen LogP contribution in [0.1, 0.15) is 51.9 Å². The highest BCUT2D eigenvalue weighted by Gasteiger charge is 2.37. The normalized spacial score (nSPS) is 18.3. The largest absolute Gasteiger partial charge is 0.481 e. The summed E-state index contributed by atoms with van der Waals surface area (Å²) in [5.41, 5.74) is 4.83. The highest BCUT2D eigenvalue weighted by Crippen LogP contribution is 2.41. The molecule has 1 aromatic heterocycles. The quantitative estimate of drug-likeness (QED) is 0.746. The molecule has 1 atom stereocenters. The molecule has 1 aliphatic carbocycles. The number of para-hydroxylation sites is 1. The Bertz CT molecular complexity index is 1130. The van der Waals surface area contributed by atoms with Crippen molar-refractivity contribution in [3.05, 3.63) is 70.9 Å². The standard InChI is InChI=1S/C23H20N2O3/c1-13-6-9-19-16(10-13)17(11-20(24-19)14-7-8-14)22(26)25-12-18(23(27)28)15-4-2-3-5-21(15)25/h2-6,9-11,14,18H,7-8,12H2,1H3,(H,27,28). The van der Waals surface area contributed by atoms with Crippen molar-refractivity contribution in [2.75, 3.05) is 11.4 Å². The van der Waals surface area contributed by atoms with E-state index in [0.717, 1.165) is 35.0 Å². The van der Waals surface area contributed by atoms with Crippen LogP contribution in [0, 0.1) is 6.92 Å². The highest BCUT2D eigenvalue weighted by molar-refractivity contribution is 6.15. The Morgan fingerprint density at radius 2 is 1.89 bits per heavy atom. The molecule has 2 heterocycles. The van der Waals surface area contributed by atoms with Crippen LogP contribution in [-0.4, -0.2) is 28.5 Å². The van der Waals surface area contributed by atoms with Gasteiger partial charge in [-0.15, -0.1) is 0 Å². The minimum atomic E-state index is -0.906. The number of hydrogen-bond donors (Lipinski definition) is 1. The van der Waals surface area contributed by atoms with E-state index in [1.165, 1.54) is 0 Å². The van der Waals surface area contributed by atoms with Gasteiger partial charge in [-0.25, -0.2) is 0 Å². The summed E-state index contributed by atoms with van der Waals surface area (Å²) in [5.74, 6) is -1.33. The van der Waals surface area contributed by atoms with E-state index in [9.17, 15) is 14.7 Å². The van der Waals surface area contributed by atoms with Gasteiger partial charge in [0.1, 0.15) is 5.92 Å². The lowest BCUT2D eigenvalue weighted by atomic mass is 10.0. The number of carboxylic acids is 1. The summed E-state index contributed by atoms with van der Waals surface area (Å²) in [6.07, 6.45) is 2.21. The first-order valence-corrected chi connectivity index (χ1v) is 9.58. The Hall–Kier alpha value is -3.21. The van der Waals surface area contributed by atoms with E-state index in [-0.39, 0.29) is 12.5 Å². The number of nitrogens with zero attached hydrogens (tertiary/aromatic N) is 2. The van der Waals surface area contributed by atoms with Gasteiger partial charge in [0.15, 0.2) is 0 Å². The summed E-state index contributed by atoms with van der Waals surface area (Å²) in [6, 6.07) is 15.2. The Labute approximate surface area is 162 Å². The van der Waals surface area contributed by atoms with Crippen LogP contribution in [0.2, 0.25) is 0 Å². The summed E-state index contributed by atoms with van der Waals surface area (Å²) >= 11 is 0. The smallest absolute Gasteiger partial charge is 0.312 e. The molecular weight excluding hydrogens is 352 g/mol. The Morgan fingerprint density at radius 1 is 1.11 bits per heavy atom. The number of fused-ring (bicyclic) bond motifs is 2. The number of carbonyl (C=O) groups excluding carboxylic acids is 1. The zero-order chi connectivity index (χ0) is 19.4. The number of aromatic nitrogens is 1. The van der Waals surface area contributed by atoms with E-state index in [4.69, 9.17) is 4.98 Å². The van der Waals surface area contributed by atoms with Gasteiger partial charge in [0.2, 0.25) is 0 Å². The van der Waals surface area contributed by atoms with Crippen LogP contribution in [0.4, 0.5) is 5.69 Å². The van der Waals surface area contributed by atoms with E-state index in [1.807, 2.05) is 49.4 Å². The van der Waals surface area contributed by atoms with Crippen molar-refractivity contribution in [2.45, 2.75) is 31.6 Å². The SMILES string of the molecule is Cc1ccc2nc(C3CC3)cc(C(=O)N3CC(C(=O)O)c4ccccc43)c2c1. The summed E-state index contributed by atoms with van der Waals surface area (Å²) in [4.78, 5) is 31.7. The molecule has 2 aromatic carbocycles. The molecule has 1 unspecified atom stereocenters. The van der Waals surface area contributed by atoms with Gasteiger partial charge in [0.05, 0.1) is 11.1 Å². The van der Waals surface area contributed by atoms with Crippen LogP contribution in [-0.2, 0) is 4.79 Å². The summed E-state index contributed by atoms with van der Waals surface area (Å²) in [7, 11) is 0. The third kappa shape index (κ3) is 2.66. The predicted octanol–water partition coefficient (Wildman–Crippen LogP) is 4.25. The highest BCUT2D eigenvalue weighted by atomic mass is 16.4. The van der Waals surface area contributed by atoms with Crippen molar-refractivity contribution in [3.8, 4) is 0 Å². The molecule has 140 valence electrons. The molecule has 28 heavy (non-hydrogen) atoms. The van der Waals surface area contributed by atoms with E-state index >= 15 is 0 Å². The van der Waals surface area contributed by atoms with Crippen molar-refractivity contribution in [1.82, 2.24) is 4.98 Å². The number of amides is 1. The fourth-order valence-corrected chi connectivity index (χ4v) is 4.08. The second-order valence-corrected chi connectivity index (χ2v) is 7.75. The second kappa shape index (κ2) is 6.16. The van der Waals surface area contributed by atoms with Crippen molar-refractivity contribution >= 4 is 28.5 Å². The van der Waals surface area contributed by atoms with Gasteiger partial charge in [-0.2, -0.15) is 0 Å². The van der Waals surface area contributed by atoms with E-state index < -0.39 is 11.9 Å². The maximum absolute atomic E-state index is 13.6. The lowest BCUT2D eigenvalue weighted by molar-refractivity contribution is -0.138. The lowest BCUT2D eigenvalue weighted by Gasteiger charge is -2.19. The first kappa shape index (κ1) is 16.9. The van der Waals surface area contributed by atoms with Gasteiger partial charge < -0.3 is 10.0 Å². The summed E-state index contributed by atoms with van der Waals surface area (Å²) in [5, 5.41) is 10.4. The first-order chi connectivity index (χ1) is 13.5. The first-order valence-electron chi connectivity index (χ1n) is 9.58. The number of aliphatic carboxylic acids is 1. The maximum atomic E-state index is 13.6. The Balaban J connectivity index is 1.65. The second-order valence-electron chi connectivity index (χ2n) is 7.75. The minimum Gasteiger partial charge on any atom is -0.481 e. The number of anilines is 1. The van der Waals surface area contributed by atoms with Gasteiger partial charge in [-0.3, -0.25) is 14.6 Å². The van der Waals surface area contributed by atoms with E-state index in [1.54, 1.807) is 11.0 Å². The molecule has 5 rings (SSSR count). The molecule has 0 spiro atoms. The molecule has 0 radical (unpaired) electrons. The lowest BCUT2D eigenvalue weighted by Crippen LogP contribution is -2.31. The molecule has 1 saturated carbocycles. The molecule has 0 saturated heterocycles. The fourth-order valence-electron chi connectivity index (χ4n) is 4.08. The Morgan fingerprint density at radius 3 is 2.64 bits per heavy atom. The molecule has 5 heteroatoms. The molecule has 1 N–H and O–H groups in total. The van der Waals surface area contributed by atoms with Crippen LogP contribution in [0.5, 0.6) is 0 Å². The molecular formula is C23H20N2O3. The number of carboxylic acid groups (broad SMARTS) is 1. The molecule has 1 aliphatic heterocycles.